The van der Waals surface area contributed by atoms with Crippen molar-refractivity contribution in [1.82, 2.24) is 5.32 Å². The van der Waals surface area contributed by atoms with Crippen molar-refractivity contribution in [3.8, 4) is 0 Å². The zero-order valence-electron chi connectivity index (χ0n) is 19.0. The zero-order chi connectivity index (χ0) is 24.3. The number of oxime groups is 1. The van der Waals surface area contributed by atoms with Crippen molar-refractivity contribution in [3.63, 3.8) is 0 Å². The molecule has 178 valence electrons. The Balaban J connectivity index is 1.20. The molecule has 3 aromatic carbocycles. The molecule has 3 N–H and O–H groups in total. The van der Waals surface area contributed by atoms with Gasteiger partial charge in [0.1, 0.15) is 31.0 Å². The van der Waals surface area contributed by atoms with Crippen LogP contribution in [0.25, 0.3) is 0 Å². The van der Waals surface area contributed by atoms with E-state index in [1.165, 1.54) is 36.6 Å². The first-order valence-electron chi connectivity index (χ1n) is 11.5. The van der Waals surface area contributed by atoms with Crippen molar-refractivity contribution in [2.75, 3.05) is 7.11 Å². The average molecular weight is 475 g/mol. The highest BCUT2D eigenvalue weighted by atomic mass is 19.1. The second-order valence-electron chi connectivity index (χ2n) is 9.16. The van der Waals surface area contributed by atoms with Crippen LogP contribution in [-0.4, -0.2) is 18.9 Å². The first-order chi connectivity index (χ1) is 16.9. The molecule has 2 atom stereocenters. The normalized spacial score (nSPS) is 19.9. The zero-order valence-corrected chi connectivity index (χ0v) is 19.0. The van der Waals surface area contributed by atoms with Crippen molar-refractivity contribution in [2.45, 2.75) is 37.5 Å². The number of amidine groups is 1. The first kappa shape index (κ1) is 21.7. The molecule has 3 aliphatic rings. The van der Waals surface area contributed by atoms with E-state index < -0.39 is 17.5 Å². The van der Waals surface area contributed by atoms with Crippen LogP contribution in [-0.2, 0) is 16.1 Å². The lowest BCUT2D eigenvalue weighted by Gasteiger charge is -2.18. The standard InChI is InChI=1S/C27H23F2N3O3/c1-34-32-26(30)16-10-22(28)21(23(29)11-16)12-31-27(33)15-5-7-18-20(9-15)25-19-8-14(13-2-3-13)4-6-17(19)24(18)35-25/h4-11,13,24-25H,2-3,12H2,1H3,(H2,30,32)(H,31,33)/t24-,25+/m0/s1. The minimum atomic E-state index is -0.836. The second-order valence-corrected chi connectivity index (χ2v) is 9.16. The van der Waals surface area contributed by atoms with Crippen molar-refractivity contribution >= 4 is 11.7 Å². The van der Waals surface area contributed by atoms with E-state index in [-0.39, 0.29) is 35.7 Å². The van der Waals surface area contributed by atoms with Gasteiger partial charge in [-0.2, -0.15) is 0 Å². The summed E-state index contributed by atoms with van der Waals surface area (Å²) in [5, 5.41) is 6.09. The van der Waals surface area contributed by atoms with Crippen LogP contribution < -0.4 is 11.1 Å². The molecule has 1 amide bonds. The number of rotatable bonds is 6. The summed E-state index contributed by atoms with van der Waals surface area (Å²) in [6, 6.07) is 14.2. The molecule has 0 spiro atoms. The summed E-state index contributed by atoms with van der Waals surface area (Å²) in [6.07, 6.45) is 2.14. The summed E-state index contributed by atoms with van der Waals surface area (Å²) in [5.74, 6) is -1.60. The molecular weight excluding hydrogens is 452 g/mol. The number of fused-ring (bicyclic) bond motifs is 8. The molecule has 0 saturated heterocycles. The highest BCUT2D eigenvalue weighted by Crippen LogP contribution is 2.55. The van der Waals surface area contributed by atoms with E-state index in [4.69, 9.17) is 10.5 Å². The van der Waals surface area contributed by atoms with Crippen LogP contribution in [0.4, 0.5) is 8.78 Å². The monoisotopic (exact) mass is 475 g/mol. The number of nitrogens with two attached hydrogens (primary N) is 1. The molecule has 8 heteroatoms. The highest BCUT2D eigenvalue weighted by molar-refractivity contribution is 5.97. The Labute approximate surface area is 200 Å². The van der Waals surface area contributed by atoms with Crippen LogP contribution in [0.15, 0.2) is 53.7 Å². The van der Waals surface area contributed by atoms with Crippen molar-refractivity contribution < 1.29 is 23.1 Å². The molecule has 0 unspecified atom stereocenters. The van der Waals surface area contributed by atoms with Gasteiger partial charge in [-0.25, -0.2) is 8.78 Å². The number of amides is 1. The van der Waals surface area contributed by atoms with E-state index in [9.17, 15) is 13.6 Å². The number of benzene rings is 3. The second kappa shape index (κ2) is 8.16. The van der Waals surface area contributed by atoms with Gasteiger partial charge in [-0.3, -0.25) is 4.79 Å². The van der Waals surface area contributed by atoms with E-state index >= 15 is 0 Å². The maximum Gasteiger partial charge on any atom is 0.251 e. The smallest absolute Gasteiger partial charge is 0.251 e. The molecule has 1 fully saturated rings. The average Bonchev–Trinajstić information content (AvgIpc) is 3.55. The SMILES string of the molecule is CO/N=C(\N)c1cc(F)c(CNC(=O)c2ccc3c(c2)[C@@H]2O[C@H]3c3ccc(C4CC4)cc32)c(F)c1. The number of nitrogens with one attached hydrogen (secondary N) is 1. The molecule has 0 aromatic heterocycles. The lowest BCUT2D eigenvalue weighted by molar-refractivity contribution is 0.0857. The summed E-state index contributed by atoms with van der Waals surface area (Å²) in [7, 11) is 1.28. The fourth-order valence-electron chi connectivity index (χ4n) is 5.02. The predicted octanol–water partition coefficient (Wildman–Crippen LogP) is 4.56. The van der Waals surface area contributed by atoms with Crippen LogP contribution in [0.1, 0.15) is 80.3 Å². The van der Waals surface area contributed by atoms with Gasteiger partial charge in [0, 0.05) is 23.2 Å². The quantitative estimate of drug-likeness (QED) is 0.311. The highest BCUT2D eigenvalue weighted by Gasteiger charge is 2.43. The lowest BCUT2D eigenvalue weighted by Crippen LogP contribution is -2.25. The van der Waals surface area contributed by atoms with Crippen molar-refractivity contribution in [2.24, 2.45) is 10.9 Å². The summed E-state index contributed by atoms with van der Waals surface area (Å²) in [4.78, 5) is 17.4. The summed E-state index contributed by atoms with van der Waals surface area (Å²) in [6.45, 7) is -0.314. The molecule has 35 heavy (non-hydrogen) atoms. The van der Waals surface area contributed by atoms with Crippen molar-refractivity contribution in [1.29, 1.82) is 0 Å². The molecule has 0 radical (unpaired) electrons. The summed E-state index contributed by atoms with van der Waals surface area (Å²) in [5.41, 5.74) is 11.6. The van der Waals surface area contributed by atoms with Gasteiger partial charge in [0.15, 0.2) is 5.84 Å². The molecule has 6 nitrogen and oxygen atoms in total. The number of hydrogen-bond acceptors (Lipinski definition) is 4. The third-order valence-corrected chi connectivity index (χ3v) is 6.96. The maximum absolute atomic E-state index is 14.5. The van der Waals surface area contributed by atoms with Gasteiger partial charge in [-0.05, 0) is 70.8 Å². The minimum absolute atomic E-state index is 0.0516. The number of hydrogen-bond donors (Lipinski definition) is 2. The Morgan fingerprint density at radius 3 is 2.34 bits per heavy atom. The van der Waals surface area contributed by atoms with E-state index in [1.54, 1.807) is 6.07 Å². The fraction of sp³-hybridized carbons (Fsp3) is 0.259. The van der Waals surface area contributed by atoms with E-state index in [0.29, 0.717) is 11.5 Å². The summed E-state index contributed by atoms with van der Waals surface area (Å²) >= 11 is 0. The molecule has 3 aromatic rings. The number of carbonyl (C=O) groups is 1. The van der Waals surface area contributed by atoms with Gasteiger partial charge >= 0.3 is 0 Å². The number of carbonyl (C=O) groups excluding carboxylic acids is 1. The largest absolute Gasteiger partial charge is 0.397 e. The molecule has 2 aliphatic heterocycles. The molecule has 1 saturated carbocycles. The van der Waals surface area contributed by atoms with Gasteiger partial charge in [-0.15, -0.1) is 0 Å². The van der Waals surface area contributed by atoms with Crippen molar-refractivity contribution in [3.05, 3.63) is 105 Å². The van der Waals surface area contributed by atoms with Crippen LogP contribution in [0, 0.1) is 11.6 Å². The van der Waals surface area contributed by atoms with Gasteiger partial charge in [0.2, 0.25) is 0 Å². The van der Waals surface area contributed by atoms with E-state index in [1.807, 2.05) is 12.1 Å². The van der Waals surface area contributed by atoms with Crippen LogP contribution in [0.2, 0.25) is 0 Å². The third kappa shape index (κ3) is 3.65. The molecule has 2 bridgehead atoms. The summed E-state index contributed by atoms with van der Waals surface area (Å²) < 4.78 is 35.3. The Bertz CT molecular complexity index is 1380. The van der Waals surface area contributed by atoms with Gasteiger partial charge in [0.05, 0.1) is 0 Å². The molecule has 6 rings (SSSR count). The van der Waals surface area contributed by atoms with Crippen LogP contribution in [0.3, 0.4) is 0 Å². The minimum Gasteiger partial charge on any atom is -0.397 e. The fourth-order valence-corrected chi connectivity index (χ4v) is 5.02. The molecule has 2 heterocycles. The first-order valence-corrected chi connectivity index (χ1v) is 11.5. The number of ether oxygens (including phenoxy) is 1. The molecule has 1 aliphatic carbocycles. The van der Waals surface area contributed by atoms with Crippen LogP contribution >= 0.6 is 0 Å². The molecular formula is C27H23F2N3O3. The van der Waals surface area contributed by atoms with Gasteiger partial charge in [-0.1, -0.05) is 29.4 Å². The Morgan fingerprint density at radius 1 is 1.00 bits per heavy atom. The van der Waals surface area contributed by atoms with E-state index in [0.717, 1.165) is 23.3 Å². The maximum atomic E-state index is 14.5. The Kier molecular flexibility index (Phi) is 5.07. The number of nitrogens with zero attached hydrogens (tertiary/aromatic N) is 1. The van der Waals surface area contributed by atoms with E-state index in [2.05, 4.69) is 33.5 Å². The van der Waals surface area contributed by atoms with Crippen LogP contribution in [0.5, 0.6) is 0 Å². The topological polar surface area (TPSA) is 85.9 Å². The predicted molar refractivity (Wildman–Crippen MR) is 125 cm³/mol. The Hall–Kier alpha value is -3.78. The van der Waals surface area contributed by atoms with Gasteiger partial charge < -0.3 is 20.6 Å². The van der Waals surface area contributed by atoms with Gasteiger partial charge in [0.25, 0.3) is 5.91 Å². The Morgan fingerprint density at radius 2 is 1.66 bits per heavy atom. The number of halogens is 2. The lowest BCUT2D eigenvalue weighted by atomic mass is 9.84. The third-order valence-electron chi connectivity index (χ3n) is 6.96.